The van der Waals surface area contributed by atoms with E-state index < -0.39 is 23.0 Å². The number of terminal acetylenes is 1. The molecule has 0 aromatic heterocycles. The lowest BCUT2D eigenvalue weighted by Crippen LogP contribution is -2.55. The van der Waals surface area contributed by atoms with Gasteiger partial charge in [-0.2, -0.15) is 18.4 Å². The van der Waals surface area contributed by atoms with Crippen LogP contribution in [-0.2, 0) is 22.2 Å². The fourth-order valence-electron chi connectivity index (χ4n) is 7.94. The van der Waals surface area contributed by atoms with Gasteiger partial charge in [0.2, 0.25) is 5.91 Å². The Balaban J connectivity index is 0.00000118. The van der Waals surface area contributed by atoms with Crippen LogP contribution in [0.25, 0.3) is 4.85 Å². The molecule has 1 aliphatic carbocycles. The van der Waals surface area contributed by atoms with Gasteiger partial charge >= 0.3 is 6.18 Å². The molecule has 1 aliphatic heterocycles. The van der Waals surface area contributed by atoms with E-state index >= 15 is 0 Å². The molecule has 142 heavy (non-hydrogen) atoms. The van der Waals surface area contributed by atoms with Crippen molar-refractivity contribution in [3.05, 3.63) is 65.0 Å². The number of rotatable bonds is 7. The van der Waals surface area contributed by atoms with Gasteiger partial charge in [-0.15, -0.1) is 6.42 Å². The van der Waals surface area contributed by atoms with Crippen molar-refractivity contribution in [2.75, 3.05) is 16.3 Å². The van der Waals surface area contributed by atoms with Crippen LogP contribution in [-0.4, -0.2) is 29.0 Å². The number of aryl methyl sites for hydroxylation is 1. The van der Waals surface area contributed by atoms with E-state index in [1.165, 1.54) is 6.07 Å². The Kier molecular flexibility index (Phi) is 61.6. The summed E-state index contributed by atoms with van der Waals surface area (Å²) in [6, 6.07) is 12.4. The SMILES string of the molecule is C#CC#CC#CC#CC#CC#CC#CC#CC#CC#CC#CC#CC#CC#CC#CC#CC#CC#CC#CC#CC#CC#CC#CC#CC#CC#CC#CC#CC#CC#CC#CC#CC#CC#CC#CC#CC#CC#CC#CC#CC#CC#CC#CC#CC#CC#CC#CC#CC#CC#CC#CC#CC#N.[C-]#[N+]c1ccc(N2C(=O)C3(CCC3)N(c3ccc(CCCC(=O)NCC)cc3)C2=S)cc1C(F)(F)F. The molecular weight excluding hydrogens is 1760 g/mol. The normalized spacial score (nSPS) is 7.19. The topological polar surface area (TPSA) is 80.8 Å². The fraction of sp³-hybridized carbons (Fsp3) is 0.0763. The van der Waals surface area contributed by atoms with E-state index in [4.69, 9.17) is 30.5 Å². The van der Waals surface area contributed by atoms with E-state index in [0.717, 1.165) is 29.0 Å². The molecule has 1 spiro atoms. The highest BCUT2D eigenvalue weighted by Crippen LogP contribution is 2.49. The lowest BCUT2D eigenvalue weighted by atomic mass is 9.75. The summed E-state index contributed by atoms with van der Waals surface area (Å²) >= 11 is 5.65. The maximum Gasteiger partial charge on any atom is 0.407 e. The molecule has 0 unspecified atom stereocenters. The number of hydrogen-bond donors (Lipinski definition) is 1. The molecule has 11 heteroatoms. The Labute approximate surface area is 834 Å². The summed E-state index contributed by atoms with van der Waals surface area (Å²) < 4.78 is 40.7. The molecule has 2 fully saturated rings. The Morgan fingerprint density at radius 2 is 0.556 bits per heavy atom. The molecule has 2 aliphatic rings. The quantitative estimate of drug-likeness (QED) is 0.207. The van der Waals surface area contributed by atoms with Crippen molar-refractivity contribution in [1.82, 2.24) is 5.32 Å². The molecule has 2 aromatic rings. The Morgan fingerprint density at radius 1 is 0.352 bits per heavy atom. The molecule has 2 aromatic carbocycles. The molecule has 7 nitrogen and oxygen atoms in total. The summed E-state index contributed by atoms with van der Waals surface area (Å²) in [4.78, 5) is 31.1. The van der Waals surface area contributed by atoms with Crippen LogP contribution in [0.15, 0.2) is 42.5 Å². The summed E-state index contributed by atoms with van der Waals surface area (Å²) in [5.74, 6) is 255. The van der Waals surface area contributed by atoms with Crippen LogP contribution in [0.5, 0.6) is 0 Å². The van der Waals surface area contributed by atoms with Gasteiger partial charge in [0.15, 0.2) is 16.9 Å². The minimum absolute atomic E-state index is 0.000441. The van der Waals surface area contributed by atoms with Crippen molar-refractivity contribution >= 4 is 46.2 Å². The molecule has 1 saturated heterocycles. The summed E-state index contributed by atoms with van der Waals surface area (Å²) in [6.07, 6.45) is 3.96. The maximum absolute atomic E-state index is 13.6. The third-order valence-corrected chi connectivity index (χ3v) is 13.5. The number of carbonyl (C=O) groups excluding carboxylic acids is 2. The first-order valence-corrected chi connectivity index (χ1v) is 38.4. The van der Waals surface area contributed by atoms with E-state index in [1.54, 1.807) is 11.0 Å². The van der Waals surface area contributed by atoms with Gasteiger partial charge in [0.1, 0.15) is 5.54 Å². The number of amides is 2. The molecule has 1 saturated carbocycles. The number of nitrogens with zero attached hydrogens (tertiary/aromatic N) is 4. The first-order chi connectivity index (χ1) is 70.0. The summed E-state index contributed by atoms with van der Waals surface area (Å²) in [5.41, 5.74) is -0.820. The number of hydrogen-bond acceptors (Lipinski definition) is 4. The number of nitrogens with one attached hydrogen (secondary N) is 1. The third kappa shape index (κ3) is 58.4. The third-order valence-electron chi connectivity index (χ3n) is 13.1. The van der Waals surface area contributed by atoms with Crippen LogP contribution in [0, 0.1) is 634 Å². The molecule has 614 valence electrons. The molecule has 4 rings (SSSR count). The summed E-state index contributed by atoms with van der Waals surface area (Å²) in [7, 11) is 0. The lowest BCUT2D eigenvalue weighted by molar-refractivity contribution is -0.137. The summed E-state index contributed by atoms with van der Waals surface area (Å²) in [6.45, 7) is 9.53. The van der Waals surface area contributed by atoms with Gasteiger partial charge in [-0.05, 0) is 128 Å². The minimum Gasteiger partial charge on any atom is -0.356 e. The highest BCUT2D eigenvalue weighted by Gasteiger charge is 2.59. The zero-order valence-corrected chi connectivity index (χ0v) is 73.5. The van der Waals surface area contributed by atoms with E-state index in [9.17, 15) is 22.8 Å². The monoisotopic (exact) mass is 1790 g/mol. The number of thiocarbonyl (C=S) groups is 1. The predicted molar refractivity (Wildman–Crippen MR) is 546 cm³/mol. The van der Waals surface area contributed by atoms with Crippen molar-refractivity contribution < 1.29 is 22.8 Å². The van der Waals surface area contributed by atoms with Gasteiger partial charge < -0.3 is 10.2 Å². The van der Waals surface area contributed by atoms with Crippen LogP contribution in [0.2, 0.25) is 0 Å². The highest BCUT2D eigenvalue weighted by atomic mass is 32.1. The minimum atomic E-state index is -4.73. The van der Waals surface area contributed by atoms with Crippen LogP contribution in [0.3, 0.4) is 0 Å². The van der Waals surface area contributed by atoms with Gasteiger partial charge in [0.25, 0.3) is 5.91 Å². The van der Waals surface area contributed by atoms with Crippen molar-refractivity contribution in [2.24, 2.45) is 0 Å². The second-order valence-corrected chi connectivity index (χ2v) is 22.3. The predicted octanol–water partition coefficient (Wildman–Crippen LogP) is 6.09. The largest absolute Gasteiger partial charge is 0.407 e. The van der Waals surface area contributed by atoms with Gasteiger partial charge in [-0.25, -0.2) is 4.85 Å². The van der Waals surface area contributed by atoms with Crippen molar-refractivity contribution in [1.29, 1.82) is 5.26 Å². The van der Waals surface area contributed by atoms with Crippen molar-refractivity contribution in [3.8, 4) is 622 Å². The van der Waals surface area contributed by atoms with Crippen LogP contribution in [0.4, 0.5) is 30.2 Å². The first kappa shape index (κ1) is 109. The molecule has 1 N–H and O–H groups in total. The number of carbonyl (C=O) groups is 2. The number of benzene rings is 2. The van der Waals surface area contributed by atoms with Crippen LogP contribution < -0.4 is 15.1 Å². The number of anilines is 2. The number of nitriles is 1. The molecular formula is C131H26F3N5O2S. The lowest BCUT2D eigenvalue weighted by Gasteiger charge is -2.43. The van der Waals surface area contributed by atoms with Crippen LogP contribution >= 0.6 is 12.2 Å². The standard InChI is InChI=1S/C105HN.C26H25F3N4O2S/c1-2-3-4-5-6-7-8-9-10-11-12-13-14-15-16-17-18-19-20-21-22-23-24-25-26-27-28-29-30-31-32-33-34-35-36-37-38-39-40-41-42-43-44-45-46-47-48-49-50-51-52-53-54-55-56-57-58-59-60-61-62-63-64-65-66-67-68-69-70-71-72-73-74-75-76-77-78-79-80-81-82-83-84-85-86-87-88-89-90-91-92-93-94-95-96-97-98-99-100-101-102-103-104-105-106;1-3-31-22(34)7-4-6-17-8-10-18(11-9-17)33-24(36)32(23(35)25(33)14-5-15-25)19-12-13-21(30-2)20(16-19)26(27,28)29/h1H;8-13,16H,3-7,14-15H2,1H3,(H,31,34). The average Bonchev–Trinajstić information content (AvgIpc) is 1.55. The molecule has 2 amide bonds. The number of alkyl halides is 3. The summed E-state index contributed by atoms with van der Waals surface area (Å²) in [5, 5.41) is 11.1. The second-order valence-electron chi connectivity index (χ2n) is 21.9. The zero-order chi connectivity index (χ0) is 102. The Bertz CT molecular complexity index is 9120. The smallest absolute Gasteiger partial charge is 0.356 e. The van der Waals surface area contributed by atoms with Gasteiger partial charge in [0, 0.05) is 587 Å². The van der Waals surface area contributed by atoms with Crippen molar-refractivity contribution in [2.45, 2.75) is 57.2 Å². The van der Waals surface area contributed by atoms with Gasteiger partial charge in [0.05, 0.1) is 12.1 Å². The molecule has 0 radical (unpaired) electrons. The first-order valence-electron chi connectivity index (χ1n) is 38.0. The van der Waals surface area contributed by atoms with Crippen molar-refractivity contribution in [3.63, 3.8) is 0 Å². The van der Waals surface area contributed by atoms with E-state index in [0.29, 0.717) is 44.3 Å². The fourth-order valence-corrected chi connectivity index (χ4v) is 8.40. The Morgan fingerprint density at radius 3 is 0.732 bits per heavy atom. The van der Waals surface area contributed by atoms with E-state index in [2.05, 4.69) is 620 Å². The zero-order valence-electron chi connectivity index (χ0n) is 72.7. The Hall–Kier alpha value is -26.8. The maximum atomic E-state index is 13.6. The molecule has 0 atom stereocenters. The van der Waals surface area contributed by atoms with Gasteiger partial charge in [-0.3, -0.25) is 14.5 Å². The van der Waals surface area contributed by atoms with Gasteiger partial charge in [-0.1, -0.05) is 18.2 Å². The average molecular weight is 1790 g/mol. The molecule has 0 bridgehead atoms. The highest BCUT2D eigenvalue weighted by molar-refractivity contribution is 7.81. The van der Waals surface area contributed by atoms with Crippen LogP contribution in [0.1, 0.15) is 50.2 Å². The second kappa shape index (κ2) is 80.0. The molecule has 1 heterocycles. The number of halogens is 3. The van der Waals surface area contributed by atoms with E-state index in [1.807, 2.05) is 31.2 Å². The van der Waals surface area contributed by atoms with E-state index in [-0.39, 0.29) is 22.6 Å².